The summed E-state index contributed by atoms with van der Waals surface area (Å²) in [7, 11) is 0. The number of pyridine rings is 1. The fourth-order valence-electron chi connectivity index (χ4n) is 2.00. The van der Waals surface area contributed by atoms with Crippen LogP contribution in [0.2, 0.25) is 0 Å². The van der Waals surface area contributed by atoms with Crippen molar-refractivity contribution in [3.8, 4) is 0 Å². The number of amides is 1. The molecular formula is C17H14FN5O. The normalized spacial score (nSPS) is 10.2. The maximum absolute atomic E-state index is 13.1. The van der Waals surface area contributed by atoms with E-state index in [4.69, 9.17) is 0 Å². The third kappa shape index (κ3) is 4.10. The molecule has 0 fully saturated rings. The highest BCUT2D eigenvalue weighted by Gasteiger charge is 2.08. The van der Waals surface area contributed by atoms with Crippen LogP contribution in [0.25, 0.3) is 0 Å². The molecule has 0 bridgehead atoms. The molecule has 0 aliphatic heterocycles. The Morgan fingerprint density at radius 2 is 1.75 bits per heavy atom. The van der Waals surface area contributed by atoms with Crippen molar-refractivity contribution in [3.63, 3.8) is 0 Å². The molecule has 3 aromatic rings. The number of anilines is 2. The van der Waals surface area contributed by atoms with Gasteiger partial charge in [-0.05, 0) is 48.0 Å². The average molecular weight is 323 g/mol. The van der Waals surface area contributed by atoms with Gasteiger partial charge in [-0.1, -0.05) is 6.07 Å². The lowest BCUT2D eigenvalue weighted by molar-refractivity contribution is 0.102. The van der Waals surface area contributed by atoms with E-state index in [1.807, 2.05) is 12.1 Å². The standard InChI is InChI=1S/C17H14FN5O/c18-14-3-1-2-13(10-14)17(24)21-16-5-4-15(22-23-16)20-11-12-6-8-19-9-7-12/h1-10H,11H2,(H,20,22)(H,21,23,24). The van der Waals surface area contributed by atoms with Crippen LogP contribution in [0.3, 0.4) is 0 Å². The molecule has 6 nitrogen and oxygen atoms in total. The van der Waals surface area contributed by atoms with Crippen molar-refractivity contribution in [1.29, 1.82) is 0 Å². The van der Waals surface area contributed by atoms with Gasteiger partial charge < -0.3 is 10.6 Å². The highest BCUT2D eigenvalue weighted by Crippen LogP contribution is 2.10. The molecule has 2 aromatic heterocycles. The van der Waals surface area contributed by atoms with Gasteiger partial charge in [0.1, 0.15) is 11.6 Å². The van der Waals surface area contributed by atoms with Gasteiger partial charge in [0.25, 0.3) is 5.91 Å². The minimum atomic E-state index is -0.468. The third-order valence-corrected chi connectivity index (χ3v) is 3.22. The predicted octanol–water partition coefficient (Wildman–Crippen LogP) is 2.88. The number of hydrogen-bond donors (Lipinski definition) is 2. The molecule has 2 N–H and O–H groups in total. The van der Waals surface area contributed by atoms with E-state index in [0.29, 0.717) is 18.2 Å². The number of hydrogen-bond acceptors (Lipinski definition) is 5. The molecule has 7 heteroatoms. The Morgan fingerprint density at radius 3 is 2.46 bits per heavy atom. The molecule has 2 heterocycles. The summed E-state index contributed by atoms with van der Waals surface area (Å²) in [5.41, 5.74) is 1.28. The zero-order chi connectivity index (χ0) is 16.8. The second kappa shape index (κ2) is 7.28. The molecule has 0 saturated carbocycles. The Bertz CT molecular complexity index is 824. The van der Waals surface area contributed by atoms with Crippen LogP contribution in [0.4, 0.5) is 16.0 Å². The molecule has 0 unspecified atom stereocenters. The molecule has 1 aromatic carbocycles. The zero-order valence-electron chi connectivity index (χ0n) is 12.6. The van der Waals surface area contributed by atoms with Crippen molar-refractivity contribution >= 4 is 17.5 Å². The first kappa shape index (κ1) is 15.5. The zero-order valence-corrected chi connectivity index (χ0v) is 12.6. The Balaban J connectivity index is 1.59. The van der Waals surface area contributed by atoms with Crippen LogP contribution in [0.5, 0.6) is 0 Å². The van der Waals surface area contributed by atoms with Crippen molar-refractivity contribution in [2.75, 3.05) is 10.6 Å². The van der Waals surface area contributed by atoms with Crippen molar-refractivity contribution in [3.05, 3.63) is 77.9 Å². The lowest BCUT2D eigenvalue weighted by Gasteiger charge is -2.07. The minimum Gasteiger partial charge on any atom is -0.365 e. The van der Waals surface area contributed by atoms with Gasteiger partial charge in [0.05, 0.1) is 0 Å². The summed E-state index contributed by atoms with van der Waals surface area (Å²) in [6.07, 6.45) is 3.43. The molecule has 0 atom stereocenters. The molecule has 3 rings (SSSR count). The maximum Gasteiger partial charge on any atom is 0.256 e. The average Bonchev–Trinajstić information content (AvgIpc) is 2.62. The molecule has 120 valence electrons. The van der Waals surface area contributed by atoms with Crippen LogP contribution in [0, 0.1) is 5.82 Å². The fourth-order valence-corrected chi connectivity index (χ4v) is 2.00. The number of nitrogens with one attached hydrogen (secondary N) is 2. The van der Waals surface area contributed by atoms with E-state index in [-0.39, 0.29) is 5.56 Å². The van der Waals surface area contributed by atoms with Crippen LogP contribution < -0.4 is 10.6 Å². The number of aromatic nitrogens is 3. The molecule has 0 aliphatic carbocycles. The number of carbonyl (C=O) groups is 1. The Labute approximate surface area is 137 Å². The summed E-state index contributed by atoms with van der Waals surface area (Å²) < 4.78 is 13.1. The van der Waals surface area contributed by atoms with Crippen LogP contribution in [0.1, 0.15) is 15.9 Å². The lowest BCUT2D eigenvalue weighted by Crippen LogP contribution is -2.14. The van der Waals surface area contributed by atoms with Crippen LogP contribution >= 0.6 is 0 Å². The van der Waals surface area contributed by atoms with Gasteiger partial charge in [0.2, 0.25) is 0 Å². The predicted molar refractivity (Wildman–Crippen MR) is 87.9 cm³/mol. The first-order chi connectivity index (χ1) is 11.7. The van der Waals surface area contributed by atoms with E-state index in [1.165, 1.54) is 18.2 Å². The van der Waals surface area contributed by atoms with Crippen LogP contribution in [-0.2, 0) is 6.54 Å². The van der Waals surface area contributed by atoms with E-state index in [2.05, 4.69) is 25.8 Å². The van der Waals surface area contributed by atoms with Gasteiger partial charge in [-0.25, -0.2) is 4.39 Å². The highest BCUT2D eigenvalue weighted by molar-refractivity contribution is 6.03. The summed E-state index contributed by atoms with van der Waals surface area (Å²) in [6.45, 7) is 0.589. The molecule has 0 aliphatic rings. The van der Waals surface area contributed by atoms with Crippen molar-refractivity contribution in [2.45, 2.75) is 6.54 Å². The van der Waals surface area contributed by atoms with Gasteiger partial charge in [-0.3, -0.25) is 9.78 Å². The first-order valence-corrected chi connectivity index (χ1v) is 7.24. The Morgan fingerprint density at radius 1 is 1.00 bits per heavy atom. The number of nitrogens with zero attached hydrogens (tertiary/aromatic N) is 3. The van der Waals surface area contributed by atoms with Gasteiger partial charge in [0, 0.05) is 24.5 Å². The van der Waals surface area contributed by atoms with Gasteiger partial charge in [-0.15, -0.1) is 10.2 Å². The second-order valence-electron chi connectivity index (χ2n) is 4.98. The highest BCUT2D eigenvalue weighted by atomic mass is 19.1. The van der Waals surface area contributed by atoms with E-state index < -0.39 is 11.7 Å². The summed E-state index contributed by atoms with van der Waals surface area (Å²) >= 11 is 0. The Kier molecular flexibility index (Phi) is 4.71. The molecule has 24 heavy (non-hydrogen) atoms. The molecule has 0 saturated heterocycles. The first-order valence-electron chi connectivity index (χ1n) is 7.24. The molecule has 0 spiro atoms. The monoisotopic (exact) mass is 323 g/mol. The number of halogens is 1. The Hall–Kier alpha value is -3.35. The summed E-state index contributed by atoms with van der Waals surface area (Å²) in [5.74, 6) is -0.0417. The minimum absolute atomic E-state index is 0.219. The molecule has 1 amide bonds. The molecule has 0 radical (unpaired) electrons. The van der Waals surface area contributed by atoms with Gasteiger partial charge in [-0.2, -0.15) is 0 Å². The summed E-state index contributed by atoms with van der Waals surface area (Å²) in [6, 6.07) is 12.6. The van der Waals surface area contributed by atoms with Gasteiger partial charge >= 0.3 is 0 Å². The molecular weight excluding hydrogens is 309 g/mol. The topological polar surface area (TPSA) is 79.8 Å². The fraction of sp³-hybridized carbons (Fsp3) is 0.0588. The largest absolute Gasteiger partial charge is 0.365 e. The van der Waals surface area contributed by atoms with Crippen LogP contribution in [0.15, 0.2) is 60.9 Å². The second-order valence-corrected chi connectivity index (χ2v) is 4.98. The van der Waals surface area contributed by atoms with E-state index in [0.717, 1.165) is 11.6 Å². The smallest absolute Gasteiger partial charge is 0.256 e. The number of benzene rings is 1. The summed E-state index contributed by atoms with van der Waals surface area (Å²) in [5, 5.41) is 13.6. The number of carbonyl (C=O) groups excluding carboxylic acids is 1. The summed E-state index contributed by atoms with van der Waals surface area (Å²) in [4.78, 5) is 15.9. The van der Waals surface area contributed by atoms with E-state index in [9.17, 15) is 9.18 Å². The van der Waals surface area contributed by atoms with Crippen molar-refractivity contribution < 1.29 is 9.18 Å². The van der Waals surface area contributed by atoms with Gasteiger partial charge in [0.15, 0.2) is 5.82 Å². The third-order valence-electron chi connectivity index (χ3n) is 3.22. The van der Waals surface area contributed by atoms with Crippen molar-refractivity contribution in [1.82, 2.24) is 15.2 Å². The van der Waals surface area contributed by atoms with Crippen molar-refractivity contribution in [2.24, 2.45) is 0 Å². The van der Waals surface area contributed by atoms with E-state index in [1.54, 1.807) is 24.5 Å². The number of rotatable bonds is 5. The van der Waals surface area contributed by atoms with Crippen LogP contribution in [-0.4, -0.2) is 21.1 Å². The quantitative estimate of drug-likeness (QED) is 0.755. The van der Waals surface area contributed by atoms with E-state index >= 15 is 0 Å². The SMILES string of the molecule is O=C(Nc1ccc(NCc2ccncc2)nn1)c1cccc(F)c1. The maximum atomic E-state index is 13.1. The lowest BCUT2D eigenvalue weighted by atomic mass is 10.2.